The number of carbonyl (C=O) groups is 1. The zero-order chi connectivity index (χ0) is 24.4. The van der Waals surface area contributed by atoms with Crippen molar-refractivity contribution in [2.45, 2.75) is 38.3 Å². The van der Waals surface area contributed by atoms with Gasteiger partial charge in [-0.2, -0.15) is 0 Å². The van der Waals surface area contributed by atoms with E-state index >= 15 is 0 Å². The minimum atomic E-state index is 0.0570. The highest BCUT2D eigenvalue weighted by atomic mass is 16.5. The molecule has 3 aromatic heterocycles. The fourth-order valence-corrected chi connectivity index (χ4v) is 6.23. The fourth-order valence-electron chi connectivity index (χ4n) is 6.23. The second-order valence-electron chi connectivity index (χ2n) is 10.7. The smallest absolute Gasteiger partial charge is 0.254 e. The zero-order valence-electron chi connectivity index (χ0n) is 20.9. The molecule has 186 valence electrons. The van der Waals surface area contributed by atoms with Gasteiger partial charge in [-0.3, -0.25) is 4.79 Å². The third kappa shape index (κ3) is 3.50. The van der Waals surface area contributed by atoms with Gasteiger partial charge >= 0.3 is 0 Å². The summed E-state index contributed by atoms with van der Waals surface area (Å²) in [6.45, 7) is 3.58. The number of nitrogens with zero attached hydrogens (tertiary/aromatic N) is 5. The number of aromatic nitrogens is 4. The Hall–Kier alpha value is -3.39. The molecule has 3 aliphatic rings. The number of carbonyl (C=O) groups excluding carboxylic acids is 1. The Kier molecular flexibility index (Phi) is 5.06. The number of benzene rings is 1. The van der Waals surface area contributed by atoms with E-state index in [1.165, 1.54) is 19.3 Å². The second-order valence-corrected chi connectivity index (χ2v) is 10.7. The maximum Gasteiger partial charge on any atom is 0.254 e. The van der Waals surface area contributed by atoms with Gasteiger partial charge in [-0.15, -0.1) is 0 Å². The molecule has 1 aromatic carbocycles. The molecule has 1 N–H and O–H groups in total. The highest BCUT2D eigenvalue weighted by Crippen LogP contribution is 2.37. The number of piperidine rings is 1. The molecule has 8 heteroatoms. The van der Waals surface area contributed by atoms with Gasteiger partial charge in [0, 0.05) is 49.9 Å². The first-order valence-electron chi connectivity index (χ1n) is 13.1. The van der Waals surface area contributed by atoms with E-state index in [4.69, 9.17) is 9.72 Å². The number of ether oxygens (including phenoxy) is 1. The SMILES string of the molecule is COc1cc(C(=O)N2CC[C@@H]3CCN[C@@H]3C2)cc2nc(-c3cc4cccnc4n3CC3CC3)n(C)c12. The maximum atomic E-state index is 13.6. The van der Waals surface area contributed by atoms with Crippen molar-refractivity contribution in [3.8, 4) is 17.3 Å². The summed E-state index contributed by atoms with van der Waals surface area (Å²) in [4.78, 5) is 25.3. The van der Waals surface area contributed by atoms with E-state index in [1.807, 2.05) is 36.3 Å². The minimum Gasteiger partial charge on any atom is -0.494 e. The number of fused-ring (bicyclic) bond motifs is 3. The van der Waals surface area contributed by atoms with Crippen LogP contribution < -0.4 is 10.1 Å². The number of rotatable bonds is 5. The Morgan fingerprint density at radius 2 is 2.08 bits per heavy atom. The molecule has 36 heavy (non-hydrogen) atoms. The van der Waals surface area contributed by atoms with Gasteiger partial charge in [0.15, 0.2) is 5.82 Å². The number of imidazole rings is 1. The van der Waals surface area contributed by atoms with Crippen LogP contribution in [0.1, 0.15) is 36.0 Å². The van der Waals surface area contributed by atoms with Crippen molar-refractivity contribution < 1.29 is 9.53 Å². The number of amides is 1. The molecule has 4 aromatic rings. The molecule has 2 saturated heterocycles. The van der Waals surface area contributed by atoms with Crippen LogP contribution in [0.4, 0.5) is 0 Å². The van der Waals surface area contributed by atoms with Gasteiger partial charge in [0.05, 0.1) is 18.3 Å². The van der Waals surface area contributed by atoms with Gasteiger partial charge in [0.2, 0.25) is 0 Å². The third-order valence-electron chi connectivity index (χ3n) is 8.39. The predicted molar refractivity (Wildman–Crippen MR) is 139 cm³/mol. The zero-order valence-corrected chi connectivity index (χ0v) is 20.9. The van der Waals surface area contributed by atoms with E-state index in [1.54, 1.807) is 7.11 Å². The summed E-state index contributed by atoms with van der Waals surface area (Å²) < 4.78 is 10.2. The van der Waals surface area contributed by atoms with Crippen molar-refractivity contribution in [1.29, 1.82) is 0 Å². The molecule has 1 amide bonds. The minimum absolute atomic E-state index is 0.0570. The van der Waals surface area contributed by atoms with Crippen LogP contribution >= 0.6 is 0 Å². The number of methoxy groups -OCH3 is 1. The molecule has 0 unspecified atom stereocenters. The molecule has 1 aliphatic carbocycles. The third-order valence-corrected chi connectivity index (χ3v) is 8.39. The first-order chi connectivity index (χ1) is 17.6. The maximum absolute atomic E-state index is 13.6. The molecule has 0 bridgehead atoms. The molecular weight excluding hydrogens is 452 g/mol. The summed E-state index contributed by atoms with van der Waals surface area (Å²) >= 11 is 0. The molecule has 8 nitrogen and oxygen atoms in total. The van der Waals surface area contributed by atoms with E-state index in [0.717, 1.165) is 66.2 Å². The van der Waals surface area contributed by atoms with Crippen molar-refractivity contribution in [3.63, 3.8) is 0 Å². The largest absolute Gasteiger partial charge is 0.494 e. The normalized spacial score (nSPS) is 21.9. The van der Waals surface area contributed by atoms with Crippen molar-refractivity contribution in [1.82, 2.24) is 29.3 Å². The Morgan fingerprint density at radius 3 is 2.92 bits per heavy atom. The Morgan fingerprint density at radius 1 is 1.19 bits per heavy atom. The van der Waals surface area contributed by atoms with E-state index in [-0.39, 0.29) is 5.91 Å². The first-order valence-corrected chi connectivity index (χ1v) is 13.1. The number of hydrogen-bond donors (Lipinski definition) is 1. The van der Waals surface area contributed by atoms with Crippen LogP contribution in [0.3, 0.4) is 0 Å². The molecule has 0 spiro atoms. The second kappa shape index (κ2) is 8.34. The van der Waals surface area contributed by atoms with E-state index in [2.05, 4.69) is 31.6 Å². The summed E-state index contributed by atoms with van der Waals surface area (Å²) in [5, 5.41) is 4.69. The van der Waals surface area contributed by atoms with Gasteiger partial charge in [-0.25, -0.2) is 9.97 Å². The highest BCUT2D eigenvalue weighted by molar-refractivity contribution is 6.00. The van der Waals surface area contributed by atoms with Crippen LogP contribution in [0.2, 0.25) is 0 Å². The standard InChI is InChI=1S/C28H32N6O2/c1-32-25-21(31-27(32)23-13-19-4-3-9-30-26(19)34(23)15-17-5-6-17)12-20(14-24(25)36-2)28(35)33-11-8-18-7-10-29-22(18)16-33/h3-4,9,12-14,17-18,22,29H,5-8,10-11,15-16H2,1-2H3/t18-,22+/m0/s1. The lowest BCUT2D eigenvalue weighted by Gasteiger charge is -2.35. The number of likely N-dealkylation sites (tertiary alicyclic amines) is 1. The van der Waals surface area contributed by atoms with Crippen molar-refractivity contribution >= 4 is 28.0 Å². The van der Waals surface area contributed by atoms with Gasteiger partial charge < -0.3 is 24.1 Å². The van der Waals surface area contributed by atoms with Crippen molar-refractivity contribution in [2.75, 3.05) is 26.7 Å². The number of pyridine rings is 1. The number of aryl methyl sites for hydroxylation is 1. The van der Waals surface area contributed by atoms with Crippen LogP contribution in [0.25, 0.3) is 33.6 Å². The summed E-state index contributed by atoms with van der Waals surface area (Å²) in [5.74, 6) is 2.99. The molecule has 5 heterocycles. The van der Waals surface area contributed by atoms with Crippen LogP contribution in [-0.2, 0) is 13.6 Å². The van der Waals surface area contributed by atoms with Crippen LogP contribution in [-0.4, -0.2) is 62.7 Å². The monoisotopic (exact) mass is 484 g/mol. The van der Waals surface area contributed by atoms with Gasteiger partial charge in [0.1, 0.15) is 16.9 Å². The van der Waals surface area contributed by atoms with E-state index < -0.39 is 0 Å². The Labute approximate surface area is 210 Å². The molecule has 3 fully saturated rings. The van der Waals surface area contributed by atoms with E-state index in [0.29, 0.717) is 29.2 Å². The van der Waals surface area contributed by atoms with Crippen LogP contribution in [0.5, 0.6) is 5.75 Å². The molecule has 1 saturated carbocycles. The van der Waals surface area contributed by atoms with Gasteiger partial charge in [0.25, 0.3) is 5.91 Å². The van der Waals surface area contributed by atoms with Crippen LogP contribution in [0.15, 0.2) is 36.5 Å². The molecule has 2 aliphatic heterocycles. The average Bonchev–Trinajstić information content (AvgIpc) is 3.32. The molecule has 2 atom stereocenters. The Balaban J connectivity index is 1.30. The van der Waals surface area contributed by atoms with Crippen LogP contribution in [0, 0.1) is 11.8 Å². The van der Waals surface area contributed by atoms with Crippen molar-refractivity contribution in [3.05, 3.63) is 42.1 Å². The quantitative estimate of drug-likeness (QED) is 0.466. The molecule has 0 radical (unpaired) electrons. The van der Waals surface area contributed by atoms with Gasteiger partial charge in [-0.1, -0.05) is 0 Å². The fraction of sp³-hybridized carbons (Fsp3) is 0.464. The van der Waals surface area contributed by atoms with Gasteiger partial charge in [-0.05, 0) is 74.4 Å². The number of nitrogens with one attached hydrogen (secondary N) is 1. The van der Waals surface area contributed by atoms with Crippen molar-refractivity contribution in [2.24, 2.45) is 18.9 Å². The Bertz CT molecular complexity index is 1480. The molecule has 7 rings (SSSR count). The lowest BCUT2D eigenvalue weighted by atomic mass is 9.92. The molecular formula is C28H32N6O2. The van der Waals surface area contributed by atoms with E-state index in [9.17, 15) is 4.79 Å². The lowest BCUT2D eigenvalue weighted by Crippen LogP contribution is -2.48. The highest BCUT2D eigenvalue weighted by Gasteiger charge is 2.35. The lowest BCUT2D eigenvalue weighted by molar-refractivity contribution is 0.0669. The summed E-state index contributed by atoms with van der Waals surface area (Å²) in [5.41, 5.74) is 4.37. The summed E-state index contributed by atoms with van der Waals surface area (Å²) in [6, 6.07) is 10.5. The summed E-state index contributed by atoms with van der Waals surface area (Å²) in [6.07, 6.45) is 6.67. The first kappa shape index (κ1) is 21.9. The predicted octanol–water partition coefficient (Wildman–Crippen LogP) is 3.83. The average molecular weight is 485 g/mol. The summed E-state index contributed by atoms with van der Waals surface area (Å²) in [7, 11) is 3.69. The number of hydrogen-bond acceptors (Lipinski definition) is 5. The topological polar surface area (TPSA) is 77.2 Å².